The zero-order valence-corrected chi connectivity index (χ0v) is 12.4. The first-order chi connectivity index (χ1) is 11.2. The summed E-state index contributed by atoms with van der Waals surface area (Å²) < 4.78 is 6.38. The van der Waals surface area contributed by atoms with Gasteiger partial charge in [0.05, 0.1) is 6.26 Å². The summed E-state index contributed by atoms with van der Waals surface area (Å²) in [5.74, 6) is 0.340. The third-order valence-corrected chi connectivity index (χ3v) is 3.74. The Balaban J connectivity index is 1.72. The Labute approximate surface area is 131 Å². The summed E-state index contributed by atoms with van der Waals surface area (Å²) >= 11 is 0. The van der Waals surface area contributed by atoms with Gasteiger partial charge in [-0.25, -0.2) is 4.68 Å². The zero-order chi connectivity index (χ0) is 16.2. The van der Waals surface area contributed by atoms with E-state index >= 15 is 0 Å². The Hall–Kier alpha value is -2.90. The molecule has 1 aliphatic rings. The molecule has 0 unspecified atom stereocenters. The van der Waals surface area contributed by atoms with Crippen LogP contribution in [0.25, 0.3) is 11.5 Å². The quantitative estimate of drug-likeness (QED) is 0.729. The summed E-state index contributed by atoms with van der Waals surface area (Å²) in [6.07, 6.45) is 2.30. The van der Waals surface area contributed by atoms with Crippen LogP contribution in [0, 0.1) is 0 Å². The van der Waals surface area contributed by atoms with Gasteiger partial charge in [-0.1, -0.05) is 0 Å². The van der Waals surface area contributed by atoms with E-state index in [4.69, 9.17) is 4.42 Å². The second kappa shape index (κ2) is 6.47. The van der Waals surface area contributed by atoms with Crippen LogP contribution < -0.4 is 5.56 Å². The summed E-state index contributed by atoms with van der Waals surface area (Å²) in [4.78, 5) is 38.1. The van der Waals surface area contributed by atoms with Crippen molar-refractivity contribution in [2.24, 2.45) is 0 Å². The molecule has 8 nitrogen and oxygen atoms in total. The van der Waals surface area contributed by atoms with E-state index in [1.807, 2.05) is 0 Å². The maximum Gasteiger partial charge on any atom is 0.267 e. The van der Waals surface area contributed by atoms with Crippen LogP contribution in [-0.2, 0) is 16.1 Å². The van der Waals surface area contributed by atoms with Gasteiger partial charge in [-0.3, -0.25) is 14.4 Å². The van der Waals surface area contributed by atoms with E-state index < -0.39 is 0 Å². The molecule has 23 heavy (non-hydrogen) atoms. The number of furan rings is 1. The molecule has 2 aromatic heterocycles. The van der Waals surface area contributed by atoms with Crippen LogP contribution in [0.5, 0.6) is 0 Å². The molecule has 0 aliphatic carbocycles. The van der Waals surface area contributed by atoms with Gasteiger partial charge in [0.2, 0.25) is 12.3 Å². The van der Waals surface area contributed by atoms with Crippen molar-refractivity contribution in [1.82, 2.24) is 19.6 Å². The van der Waals surface area contributed by atoms with Gasteiger partial charge >= 0.3 is 0 Å². The van der Waals surface area contributed by atoms with E-state index in [2.05, 4.69) is 5.10 Å². The van der Waals surface area contributed by atoms with Crippen LogP contribution in [0.4, 0.5) is 0 Å². The lowest BCUT2D eigenvalue weighted by atomic mass is 10.3. The molecule has 0 spiro atoms. The lowest BCUT2D eigenvalue weighted by Crippen LogP contribution is -2.49. The largest absolute Gasteiger partial charge is 0.463 e. The molecule has 1 saturated heterocycles. The van der Waals surface area contributed by atoms with Crippen LogP contribution >= 0.6 is 0 Å². The van der Waals surface area contributed by atoms with Crippen LogP contribution in [0.3, 0.4) is 0 Å². The Kier molecular flexibility index (Phi) is 4.22. The molecule has 0 atom stereocenters. The van der Waals surface area contributed by atoms with Crippen LogP contribution in [0.15, 0.2) is 39.7 Å². The third-order valence-electron chi connectivity index (χ3n) is 3.74. The van der Waals surface area contributed by atoms with E-state index in [-0.39, 0.29) is 18.0 Å². The molecule has 0 saturated carbocycles. The van der Waals surface area contributed by atoms with Gasteiger partial charge in [0.25, 0.3) is 5.56 Å². The summed E-state index contributed by atoms with van der Waals surface area (Å²) in [6.45, 7) is 1.80. The monoisotopic (exact) mass is 316 g/mol. The minimum Gasteiger partial charge on any atom is -0.463 e. The molecule has 3 rings (SSSR count). The summed E-state index contributed by atoms with van der Waals surface area (Å²) in [5.41, 5.74) is 0.147. The van der Waals surface area contributed by atoms with Gasteiger partial charge in [-0.15, -0.1) is 0 Å². The van der Waals surface area contributed by atoms with Crippen molar-refractivity contribution in [2.75, 3.05) is 26.2 Å². The maximum absolute atomic E-state index is 12.3. The second-order valence-electron chi connectivity index (χ2n) is 5.21. The van der Waals surface area contributed by atoms with E-state index in [9.17, 15) is 14.4 Å². The van der Waals surface area contributed by atoms with E-state index in [0.29, 0.717) is 37.6 Å². The molecule has 0 N–H and O–H groups in total. The fourth-order valence-corrected chi connectivity index (χ4v) is 2.42. The molecular formula is C15H16N4O4. The summed E-state index contributed by atoms with van der Waals surface area (Å²) in [5, 5.41) is 4.18. The smallest absolute Gasteiger partial charge is 0.267 e. The first kappa shape index (κ1) is 15.0. The van der Waals surface area contributed by atoms with Gasteiger partial charge in [0, 0.05) is 32.2 Å². The fourth-order valence-electron chi connectivity index (χ4n) is 2.42. The summed E-state index contributed by atoms with van der Waals surface area (Å²) in [7, 11) is 0. The molecule has 3 heterocycles. The van der Waals surface area contributed by atoms with Crippen molar-refractivity contribution in [1.29, 1.82) is 0 Å². The van der Waals surface area contributed by atoms with E-state index in [1.54, 1.807) is 28.0 Å². The normalized spacial score (nSPS) is 14.8. The molecule has 0 aromatic carbocycles. The molecule has 0 bridgehead atoms. The molecule has 1 fully saturated rings. The predicted molar refractivity (Wildman–Crippen MR) is 80.4 cm³/mol. The molecule has 1 aliphatic heterocycles. The Morgan fingerprint density at radius 3 is 2.65 bits per heavy atom. The highest BCUT2D eigenvalue weighted by atomic mass is 16.3. The molecule has 120 valence electrons. The van der Waals surface area contributed by atoms with E-state index in [0.717, 1.165) is 11.1 Å². The van der Waals surface area contributed by atoms with Crippen molar-refractivity contribution in [2.45, 2.75) is 6.54 Å². The van der Waals surface area contributed by atoms with Crippen molar-refractivity contribution < 1.29 is 14.0 Å². The van der Waals surface area contributed by atoms with Crippen molar-refractivity contribution >= 4 is 12.3 Å². The maximum atomic E-state index is 12.3. The highest BCUT2D eigenvalue weighted by Gasteiger charge is 2.21. The van der Waals surface area contributed by atoms with Crippen LogP contribution in [0.1, 0.15) is 0 Å². The Bertz CT molecular complexity index is 745. The first-order valence-electron chi connectivity index (χ1n) is 7.26. The number of carbonyl (C=O) groups is 2. The standard InChI is InChI=1S/C15H16N4O4/c20-11-17-5-7-18(8-6-17)15(22)10-19-14(21)4-3-12(16-19)13-2-1-9-23-13/h1-4,9,11H,5-8,10H2. The van der Waals surface area contributed by atoms with Crippen molar-refractivity contribution in [3.05, 3.63) is 40.9 Å². The van der Waals surface area contributed by atoms with Gasteiger partial charge in [-0.05, 0) is 18.2 Å². The predicted octanol–water partition coefficient (Wildman–Crippen LogP) is -0.196. The number of nitrogens with zero attached hydrogens (tertiary/aromatic N) is 4. The van der Waals surface area contributed by atoms with E-state index in [1.165, 1.54) is 12.3 Å². The minimum absolute atomic E-state index is 0.130. The lowest BCUT2D eigenvalue weighted by Gasteiger charge is -2.32. The molecule has 2 amide bonds. The molecule has 0 radical (unpaired) electrons. The second-order valence-corrected chi connectivity index (χ2v) is 5.21. The van der Waals surface area contributed by atoms with Crippen LogP contribution in [0.2, 0.25) is 0 Å². The van der Waals surface area contributed by atoms with Crippen molar-refractivity contribution in [3.8, 4) is 11.5 Å². The molecule has 8 heteroatoms. The number of hydrogen-bond acceptors (Lipinski definition) is 5. The number of aromatic nitrogens is 2. The Morgan fingerprint density at radius 2 is 2.00 bits per heavy atom. The number of carbonyl (C=O) groups excluding carboxylic acids is 2. The van der Waals surface area contributed by atoms with Gasteiger partial charge < -0.3 is 14.2 Å². The third kappa shape index (κ3) is 3.31. The topological polar surface area (TPSA) is 88.7 Å². The number of piperazine rings is 1. The van der Waals surface area contributed by atoms with Gasteiger partial charge in [0.1, 0.15) is 12.2 Å². The highest BCUT2D eigenvalue weighted by molar-refractivity contribution is 5.76. The highest BCUT2D eigenvalue weighted by Crippen LogP contribution is 2.15. The Morgan fingerprint density at radius 1 is 1.22 bits per heavy atom. The molecule has 2 aromatic rings. The van der Waals surface area contributed by atoms with Gasteiger partial charge in [0.15, 0.2) is 5.76 Å². The SMILES string of the molecule is O=CN1CCN(C(=O)Cn2nc(-c3ccco3)ccc2=O)CC1. The summed E-state index contributed by atoms with van der Waals surface area (Å²) in [6, 6.07) is 6.38. The number of amides is 2. The minimum atomic E-state index is -0.347. The average molecular weight is 316 g/mol. The number of hydrogen-bond donors (Lipinski definition) is 0. The zero-order valence-electron chi connectivity index (χ0n) is 12.4. The van der Waals surface area contributed by atoms with Crippen LogP contribution in [-0.4, -0.2) is 58.1 Å². The fraction of sp³-hybridized carbons (Fsp3) is 0.333. The average Bonchev–Trinajstić information content (AvgIpc) is 3.11. The lowest BCUT2D eigenvalue weighted by molar-refractivity contribution is -0.135. The first-order valence-corrected chi connectivity index (χ1v) is 7.26. The molecular weight excluding hydrogens is 300 g/mol. The number of rotatable bonds is 4. The van der Waals surface area contributed by atoms with Crippen molar-refractivity contribution in [3.63, 3.8) is 0 Å². The van der Waals surface area contributed by atoms with Gasteiger partial charge in [-0.2, -0.15) is 5.10 Å².